The van der Waals surface area contributed by atoms with Crippen molar-refractivity contribution in [2.75, 3.05) is 0 Å². The molecule has 0 atom stereocenters. The van der Waals surface area contributed by atoms with Crippen molar-refractivity contribution < 1.29 is 32.0 Å². The molecule has 0 saturated heterocycles. The maximum absolute atomic E-state index is 10.2. The zero-order valence-corrected chi connectivity index (χ0v) is 13.2. The number of rotatable bonds is 1. The van der Waals surface area contributed by atoms with E-state index >= 15 is 0 Å². The van der Waals surface area contributed by atoms with E-state index in [0.29, 0.717) is 5.56 Å². The van der Waals surface area contributed by atoms with Crippen molar-refractivity contribution in [1.29, 1.82) is 0 Å². The molecule has 2 nitrogen and oxygen atoms in total. The molecule has 1 aromatic carbocycles. The molecule has 0 aliphatic carbocycles. The molecule has 5 heteroatoms. The van der Waals surface area contributed by atoms with Gasteiger partial charge in [0, 0.05) is 0 Å². The third-order valence-electron chi connectivity index (χ3n) is 1.02. The van der Waals surface area contributed by atoms with Crippen molar-refractivity contribution in [2.24, 2.45) is 0 Å². The van der Waals surface area contributed by atoms with Gasteiger partial charge >= 0.3 is 44.6 Å². The summed E-state index contributed by atoms with van der Waals surface area (Å²) in [6.07, 6.45) is 0. The number of aromatic carboxylic acids is 1. The van der Waals surface area contributed by atoms with Gasteiger partial charge in [0.2, 0.25) is 0 Å². The maximum atomic E-state index is 10.2. The quantitative estimate of drug-likeness (QED) is 0.745. The van der Waals surface area contributed by atoms with E-state index in [1.807, 2.05) is 0 Å². The van der Waals surface area contributed by atoms with Crippen LogP contribution in [-0.2, 0) is 22.1 Å². The van der Waals surface area contributed by atoms with Crippen molar-refractivity contribution in [2.45, 2.75) is 0 Å². The Bertz CT molecular complexity index is 228. The fourth-order valence-electron chi connectivity index (χ4n) is 0.581. The van der Waals surface area contributed by atoms with Gasteiger partial charge in [-0.15, -0.1) is 0 Å². The number of halogens is 2. The molecule has 0 radical (unpaired) electrons. The van der Waals surface area contributed by atoms with Gasteiger partial charge in [0.05, 0.1) is 5.56 Å². The minimum atomic E-state index is -1.14. The van der Waals surface area contributed by atoms with E-state index in [1.54, 1.807) is 30.3 Å². The molecule has 1 aromatic rings. The Hall–Kier alpha value is 0.205. The third kappa shape index (κ3) is 5.80. The van der Waals surface area contributed by atoms with Crippen molar-refractivity contribution in [1.82, 2.24) is 0 Å². The van der Waals surface area contributed by atoms with Crippen LogP contribution in [0.2, 0.25) is 0 Å². The summed E-state index contributed by atoms with van der Waals surface area (Å²) < 4.78 is 0. The summed E-state index contributed by atoms with van der Waals surface area (Å²) >= 11 is -1.14. The summed E-state index contributed by atoms with van der Waals surface area (Å²) in [6.45, 7) is 0. The number of benzene rings is 1. The first-order chi connectivity index (χ1) is 5.72. The normalized spacial score (nSPS) is 7.50. The number of carboxylic acid groups (broad SMARTS) is 1. The summed E-state index contributed by atoms with van der Waals surface area (Å²) in [5.41, 5.74) is 0.331. The van der Waals surface area contributed by atoms with Gasteiger partial charge in [-0.1, -0.05) is 18.2 Å². The Morgan fingerprint density at radius 3 is 1.92 bits per heavy atom. The van der Waals surface area contributed by atoms with Gasteiger partial charge in [-0.25, -0.2) is 4.79 Å². The van der Waals surface area contributed by atoms with Crippen molar-refractivity contribution in [3.05, 3.63) is 35.9 Å². The predicted molar refractivity (Wildman–Crippen MR) is 45.1 cm³/mol. The Morgan fingerprint density at radius 2 is 1.67 bits per heavy atom. The number of hydrogen-bond acceptors (Lipinski definition) is 1. The first-order valence-electron chi connectivity index (χ1n) is 3.12. The topological polar surface area (TPSA) is 37.3 Å². The predicted octanol–water partition coefficient (Wildman–Crippen LogP) is 2.76. The van der Waals surface area contributed by atoms with Gasteiger partial charge < -0.3 is 5.11 Å². The summed E-state index contributed by atoms with van der Waals surface area (Å²) in [6, 6.07) is 8.30. The molecular weight excluding hydrogens is 388 g/mol. The second-order valence-electron chi connectivity index (χ2n) is 1.77. The summed E-state index contributed by atoms with van der Waals surface area (Å²) in [7, 11) is 9.97. The summed E-state index contributed by atoms with van der Waals surface area (Å²) in [5, 5.41) is 8.38. The Labute approximate surface area is 89.8 Å². The van der Waals surface area contributed by atoms with Gasteiger partial charge in [-0.3, -0.25) is 0 Å². The van der Waals surface area contributed by atoms with Gasteiger partial charge in [-0.05, 0) is 12.1 Å². The molecule has 0 aliphatic heterocycles. The fraction of sp³-hybridized carbons (Fsp3) is 0. The van der Waals surface area contributed by atoms with E-state index in [9.17, 15) is 4.79 Å². The third-order valence-corrected chi connectivity index (χ3v) is 1.02. The molecule has 0 unspecified atom stereocenters. The molecular formula is C7H6Cl2HgO2. The Balaban J connectivity index is 0.000000354. The Morgan fingerprint density at radius 1 is 1.25 bits per heavy atom. The van der Waals surface area contributed by atoms with E-state index in [4.69, 9.17) is 21.6 Å². The first kappa shape index (κ1) is 12.2. The molecule has 0 heterocycles. The fourth-order valence-corrected chi connectivity index (χ4v) is 0.581. The molecule has 62 valence electrons. The van der Waals surface area contributed by atoms with Crippen LogP contribution < -0.4 is 0 Å². The number of hydrogen-bond donors (Lipinski definition) is 1. The van der Waals surface area contributed by atoms with Crippen molar-refractivity contribution in [3.8, 4) is 0 Å². The van der Waals surface area contributed by atoms with Crippen LogP contribution in [0.3, 0.4) is 0 Å². The average molecular weight is 394 g/mol. The van der Waals surface area contributed by atoms with Crippen LogP contribution >= 0.6 is 16.5 Å². The average Bonchev–Trinajstić information content (AvgIpc) is 2.07. The molecule has 0 saturated carbocycles. The molecule has 0 spiro atoms. The minimum absolute atomic E-state index is 0.331. The molecule has 0 amide bonds. The van der Waals surface area contributed by atoms with E-state index < -0.39 is 28.1 Å². The second kappa shape index (κ2) is 7.83. The first-order valence-corrected chi connectivity index (χ1v) is 16.7. The van der Waals surface area contributed by atoms with E-state index in [0.717, 1.165) is 0 Å². The van der Waals surface area contributed by atoms with Gasteiger partial charge in [-0.2, -0.15) is 0 Å². The van der Waals surface area contributed by atoms with Gasteiger partial charge in [0.25, 0.3) is 0 Å². The van der Waals surface area contributed by atoms with Gasteiger partial charge in [0.1, 0.15) is 0 Å². The van der Waals surface area contributed by atoms with Gasteiger partial charge in [0.15, 0.2) is 0 Å². The summed E-state index contributed by atoms with van der Waals surface area (Å²) in [5.74, 6) is -0.879. The number of carbonyl (C=O) groups is 1. The zero-order valence-electron chi connectivity index (χ0n) is 6.21. The molecule has 0 bridgehead atoms. The molecule has 0 aromatic heterocycles. The van der Waals surface area contributed by atoms with Crippen LogP contribution in [0.15, 0.2) is 30.3 Å². The van der Waals surface area contributed by atoms with Crippen LogP contribution in [0.5, 0.6) is 0 Å². The van der Waals surface area contributed by atoms with E-state index in [-0.39, 0.29) is 0 Å². The van der Waals surface area contributed by atoms with Crippen LogP contribution in [0, 0.1) is 0 Å². The molecule has 0 aliphatic rings. The van der Waals surface area contributed by atoms with Crippen LogP contribution in [0.1, 0.15) is 10.4 Å². The SMILES string of the molecule is O=C(O)c1ccccc1.[Cl][Hg][Cl]. The van der Waals surface area contributed by atoms with Crippen molar-refractivity contribution >= 4 is 22.5 Å². The molecule has 1 N–H and O–H groups in total. The van der Waals surface area contributed by atoms with Crippen LogP contribution in [0.25, 0.3) is 0 Å². The standard InChI is InChI=1S/C7H6O2.2ClH.Hg/c8-7(9)6-4-2-1-3-5-6;;;/h1-5H,(H,8,9);2*1H;/q;;;+2/p-2. The number of carboxylic acids is 1. The molecule has 12 heavy (non-hydrogen) atoms. The monoisotopic (exact) mass is 394 g/mol. The van der Waals surface area contributed by atoms with Crippen LogP contribution in [0.4, 0.5) is 0 Å². The van der Waals surface area contributed by atoms with E-state index in [2.05, 4.69) is 0 Å². The zero-order chi connectivity index (χ0) is 9.40. The Kier molecular flexibility index (Phi) is 7.97. The van der Waals surface area contributed by atoms with E-state index in [1.165, 1.54) is 0 Å². The summed E-state index contributed by atoms with van der Waals surface area (Å²) in [4.78, 5) is 10.2. The van der Waals surface area contributed by atoms with Crippen molar-refractivity contribution in [3.63, 3.8) is 0 Å². The van der Waals surface area contributed by atoms with Crippen LogP contribution in [-0.4, -0.2) is 11.1 Å². The molecule has 0 fully saturated rings. The second-order valence-corrected chi connectivity index (χ2v) is 9.65. The molecule has 1 rings (SSSR count).